The zero-order valence-corrected chi connectivity index (χ0v) is 23.4. The van der Waals surface area contributed by atoms with E-state index in [4.69, 9.17) is 0 Å². The Bertz CT molecular complexity index is 1150. The Kier molecular flexibility index (Phi) is 10.3. The third kappa shape index (κ3) is 7.27. The summed E-state index contributed by atoms with van der Waals surface area (Å²) in [6, 6.07) is 17.9. The minimum Gasteiger partial charge on any atom is -0.342 e. The van der Waals surface area contributed by atoms with E-state index in [9.17, 15) is 19.2 Å². The number of hydrogen-bond donors (Lipinski definition) is 3. The van der Waals surface area contributed by atoms with Crippen LogP contribution in [0.4, 0.5) is 4.79 Å². The van der Waals surface area contributed by atoms with Crippen LogP contribution in [-0.4, -0.2) is 77.9 Å². The first-order chi connectivity index (χ1) is 19.4. The van der Waals surface area contributed by atoms with E-state index in [1.165, 1.54) is 5.56 Å². The van der Waals surface area contributed by atoms with E-state index in [-0.39, 0.29) is 11.8 Å². The lowest BCUT2D eigenvalue weighted by Gasteiger charge is -2.51. The quantitative estimate of drug-likeness (QED) is 0.375. The molecule has 40 heavy (non-hydrogen) atoms. The summed E-state index contributed by atoms with van der Waals surface area (Å²) in [4.78, 5) is 55.4. The minimum absolute atomic E-state index is 0.00153. The Hall–Kier alpha value is -3.72. The molecule has 0 radical (unpaired) electrons. The van der Waals surface area contributed by atoms with E-state index in [1.807, 2.05) is 17.9 Å². The second-order valence-electron chi connectivity index (χ2n) is 10.7. The van der Waals surface area contributed by atoms with Crippen LogP contribution in [0.5, 0.6) is 0 Å². The van der Waals surface area contributed by atoms with Crippen LogP contribution in [0.3, 0.4) is 0 Å². The number of urea groups is 1. The lowest BCUT2D eigenvalue weighted by Crippen LogP contribution is -2.72. The van der Waals surface area contributed by atoms with E-state index >= 15 is 0 Å². The molecule has 2 aromatic carbocycles. The molecule has 9 nitrogen and oxygen atoms in total. The van der Waals surface area contributed by atoms with Crippen LogP contribution in [0.25, 0.3) is 0 Å². The molecule has 3 N–H and O–H groups in total. The van der Waals surface area contributed by atoms with E-state index in [2.05, 4.69) is 45.1 Å². The summed E-state index contributed by atoms with van der Waals surface area (Å²) in [6.45, 7) is 5.50. The van der Waals surface area contributed by atoms with Crippen LogP contribution < -0.4 is 16.0 Å². The van der Waals surface area contributed by atoms with Crippen molar-refractivity contribution in [3.8, 4) is 0 Å². The van der Waals surface area contributed by atoms with Crippen LogP contribution in [0.1, 0.15) is 61.4 Å². The van der Waals surface area contributed by atoms with Crippen molar-refractivity contribution in [2.24, 2.45) is 0 Å². The average Bonchev–Trinajstić information content (AvgIpc) is 2.98. The number of likely N-dealkylation sites (tertiary alicyclic amines) is 1. The fraction of sp³-hybridized carbons (Fsp3) is 0.484. The van der Waals surface area contributed by atoms with E-state index < -0.39 is 23.5 Å². The smallest absolute Gasteiger partial charge is 0.321 e. The van der Waals surface area contributed by atoms with Crippen molar-refractivity contribution in [2.45, 2.75) is 63.5 Å². The molecule has 0 bridgehead atoms. The van der Waals surface area contributed by atoms with Crippen LogP contribution in [0, 0.1) is 0 Å². The summed E-state index contributed by atoms with van der Waals surface area (Å²) in [7, 11) is 0. The first-order valence-corrected chi connectivity index (χ1v) is 14.5. The summed E-state index contributed by atoms with van der Waals surface area (Å²) in [5, 5.41) is 8.03. The van der Waals surface area contributed by atoms with E-state index in [0.717, 1.165) is 32.5 Å². The summed E-state index contributed by atoms with van der Waals surface area (Å²) >= 11 is 0. The van der Waals surface area contributed by atoms with Crippen molar-refractivity contribution in [1.82, 2.24) is 25.8 Å². The van der Waals surface area contributed by atoms with Crippen molar-refractivity contribution in [3.05, 3.63) is 71.8 Å². The fourth-order valence-corrected chi connectivity index (χ4v) is 5.68. The molecule has 2 aliphatic rings. The molecule has 4 rings (SSSR count). The van der Waals surface area contributed by atoms with Gasteiger partial charge in [0.15, 0.2) is 0 Å². The standard InChI is InChI=1S/C31H41N5O4/c1-2-20-36-28(38)26(15-9-10-19-32-30(40)34-27(37)25-13-7-4-8-14-25)33-29(39)31(36)17-22-35(23-18-31)21-16-24-11-5-3-6-12-24/h3-8,11-14,26H,2,9-10,15-23H2,1H3,(H,33,39)(H2,32,34,37,40)/t26-/m0/s1. The molecule has 2 fully saturated rings. The Labute approximate surface area is 236 Å². The fourth-order valence-electron chi connectivity index (χ4n) is 5.68. The lowest BCUT2D eigenvalue weighted by molar-refractivity contribution is -0.161. The summed E-state index contributed by atoms with van der Waals surface area (Å²) < 4.78 is 0. The van der Waals surface area contributed by atoms with Gasteiger partial charge in [-0.2, -0.15) is 0 Å². The highest BCUT2D eigenvalue weighted by molar-refractivity contribution is 6.04. The second-order valence-corrected chi connectivity index (χ2v) is 10.7. The van der Waals surface area contributed by atoms with E-state index in [1.54, 1.807) is 30.3 Å². The molecule has 5 amide bonds. The molecule has 2 aromatic rings. The van der Waals surface area contributed by atoms with Crippen LogP contribution in [0.2, 0.25) is 0 Å². The molecule has 9 heteroatoms. The Morgan fingerprint density at radius 1 is 0.950 bits per heavy atom. The maximum atomic E-state index is 13.5. The number of carbonyl (C=O) groups excluding carboxylic acids is 4. The molecule has 0 saturated carbocycles. The number of nitrogens with one attached hydrogen (secondary N) is 3. The third-order valence-electron chi connectivity index (χ3n) is 7.97. The first-order valence-electron chi connectivity index (χ1n) is 14.5. The molecule has 0 aromatic heterocycles. The Morgan fingerprint density at radius 2 is 1.62 bits per heavy atom. The molecule has 1 spiro atoms. The zero-order valence-electron chi connectivity index (χ0n) is 23.4. The van der Waals surface area contributed by atoms with Crippen molar-refractivity contribution >= 4 is 23.8 Å². The predicted molar refractivity (Wildman–Crippen MR) is 154 cm³/mol. The average molecular weight is 548 g/mol. The number of benzene rings is 2. The van der Waals surface area contributed by atoms with Gasteiger partial charge in [0.05, 0.1) is 0 Å². The molecular weight excluding hydrogens is 506 g/mol. The maximum Gasteiger partial charge on any atom is 0.321 e. The third-order valence-corrected chi connectivity index (χ3v) is 7.97. The van der Waals surface area contributed by atoms with Crippen molar-refractivity contribution in [1.29, 1.82) is 0 Å². The van der Waals surface area contributed by atoms with E-state index in [0.29, 0.717) is 50.8 Å². The van der Waals surface area contributed by atoms with Gasteiger partial charge in [0.2, 0.25) is 11.8 Å². The van der Waals surface area contributed by atoms with Gasteiger partial charge in [-0.05, 0) is 62.6 Å². The summed E-state index contributed by atoms with van der Waals surface area (Å²) in [5.74, 6) is -0.496. The highest BCUT2D eigenvalue weighted by atomic mass is 16.2. The van der Waals surface area contributed by atoms with Crippen LogP contribution in [-0.2, 0) is 16.0 Å². The molecule has 2 aliphatic heterocycles. The number of imide groups is 1. The number of amides is 5. The number of piperazine rings is 1. The normalized spacial score (nSPS) is 18.8. The molecule has 0 unspecified atom stereocenters. The number of unbranched alkanes of at least 4 members (excludes halogenated alkanes) is 1. The largest absolute Gasteiger partial charge is 0.342 e. The van der Waals surface area contributed by atoms with Crippen molar-refractivity contribution < 1.29 is 19.2 Å². The minimum atomic E-state index is -0.766. The lowest BCUT2D eigenvalue weighted by atomic mass is 9.81. The molecule has 1 atom stereocenters. The Balaban J connectivity index is 1.22. The highest BCUT2D eigenvalue weighted by Crippen LogP contribution is 2.34. The first kappa shape index (κ1) is 29.3. The van der Waals surface area contributed by atoms with Gasteiger partial charge in [-0.25, -0.2) is 4.79 Å². The number of piperidine rings is 1. The van der Waals surface area contributed by atoms with Gasteiger partial charge in [0.25, 0.3) is 5.91 Å². The number of carbonyl (C=O) groups is 4. The maximum absolute atomic E-state index is 13.5. The monoisotopic (exact) mass is 547 g/mol. The number of nitrogens with zero attached hydrogens (tertiary/aromatic N) is 2. The number of rotatable bonds is 11. The summed E-state index contributed by atoms with van der Waals surface area (Å²) in [6.07, 6.45) is 4.85. The van der Waals surface area contributed by atoms with Gasteiger partial charge in [-0.15, -0.1) is 0 Å². The Morgan fingerprint density at radius 3 is 2.30 bits per heavy atom. The van der Waals surface area contributed by atoms with Gasteiger partial charge in [0, 0.05) is 38.3 Å². The predicted octanol–water partition coefficient (Wildman–Crippen LogP) is 3.11. The van der Waals surface area contributed by atoms with Gasteiger partial charge in [0.1, 0.15) is 11.6 Å². The highest BCUT2D eigenvalue weighted by Gasteiger charge is 2.52. The number of hydrogen-bond acceptors (Lipinski definition) is 5. The topological polar surface area (TPSA) is 111 Å². The molecular formula is C31H41N5O4. The zero-order chi connectivity index (χ0) is 28.4. The van der Waals surface area contributed by atoms with Crippen molar-refractivity contribution in [2.75, 3.05) is 32.7 Å². The van der Waals surface area contributed by atoms with Gasteiger partial charge < -0.3 is 20.4 Å². The van der Waals surface area contributed by atoms with Crippen LogP contribution in [0.15, 0.2) is 60.7 Å². The van der Waals surface area contributed by atoms with Crippen molar-refractivity contribution in [3.63, 3.8) is 0 Å². The molecule has 214 valence electrons. The van der Waals surface area contributed by atoms with Gasteiger partial charge in [-0.3, -0.25) is 19.7 Å². The summed E-state index contributed by atoms with van der Waals surface area (Å²) in [5.41, 5.74) is 0.953. The SMILES string of the molecule is CCCN1C(=O)[C@H](CCCCNC(=O)NC(=O)c2ccccc2)NC(=O)C12CCN(CCc1ccccc1)CC2. The van der Waals surface area contributed by atoms with Gasteiger partial charge >= 0.3 is 6.03 Å². The second kappa shape index (κ2) is 14.1. The molecule has 2 heterocycles. The van der Waals surface area contributed by atoms with Crippen LogP contribution >= 0.6 is 0 Å². The van der Waals surface area contributed by atoms with Gasteiger partial charge in [-0.1, -0.05) is 55.5 Å². The molecule has 0 aliphatic carbocycles. The molecule has 2 saturated heterocycles.